The minimum absolute atomic E-state index is 0.0266. The number of pyridine rings is 1. The Balaban J connectivity index is 2.19. The number of hydrogen-bond donors (Lipinski definition) is 2. The van der Waals surface area contributed by atoms with Crippen LogP contribution in [0.4, 0.5) is 5.95 Å². The zero-order valence-electron chi connectivity index (χ0n) is 11.0. The number of carboxylic acids is 1. The Hall–Kier alpha value is -2.44. The molecular formula is C13H14N4O3. The third-order valence-electron chi connectivity index (χ3n) is 3.51. The fourth-order valence-electron chi connectivity index (χ4n) is 2.44. The van der Waals surface area contributed by atoms with Crippen LogP contribution >= 0.6 is 0 Å². The van der Waals surface area contributed by atoms with Gasteiger partial charge in [-0.15, -0.1) is 0 Å². The van der Waals surface area contributed by atoms with Crippen molar-refractivity contribution in [2.45, 2.75) is 19.8 Å². The fraction of sp³-hybridized carbons (Fsp3) is 0.385. The number of carboxylic acid groups (broad SMARTS) is 1. The highest BCUT2D eigenvalue weighted by molar-refractivity contribution is 5.93. The predicted molar refractivity (Wildman–Crippen MR) is 73.3 cm³/mol. The number of aromatic amines is 1. The van der Waals surface area contributed by atoms with Gasteiger partial charge in [0.05, 0.1) is 16.6 Å². The van der Waals surface area contributed by atoms with E-state index in [1.807, 2.05) is 4.90 Å². The van der Waals surface area contributed by atoms with E-state index in [9.17, 15) is 9.59 Å². The molecule has 104 valence electrons. The molecule has 7 heteroatoms. The first-order valence-corrected chi connectivity index (χ1v) is 6.46. The topological polar surface area (TPSA) is 99.2 Å². The summed E-state index contributed by atoms with van der Waals surface area (Å²) in [6.45, 7) is 3.32. The van der Waals surface area contributed by atoms with Crippen LogP contribution in [0.3, 0.4) is 0 Å². The maximum atomic E-state index is 12.1. The number of nitrogens with one attached hydrogen (secondary N) is 1. The molecule has 2 aromatic heterocycles. The van der Waals surface area contributed by atoms with Gasteiger partial charge in [-0.3, -0.25) is 9.78 Å². The van der Waals surface area contributed by atoms with Crippen molar-refractivity contribution >= 4 is 23.0 Å². The summed E-state index contributed by atoms with van der Waals surface area (Å²) in [6, 6.07) is 1.33. The Kier molecular flexibility index (Phi) is 2.89. The normalized spacial score (nSPS) is 14.9. The number of aromatic carboxylic acids is 1. The minimum Gasteiger partial charge on any atom is -0.478 e. The van der Waals surface area contributed by atoms with Gasteiger partial charge in [0.1, 0.15) is 0 Å². The highest BCUT2D eigenvalue weighted by atomic mass is 16.4. The second-order valence-corrected chi connectivity index (χ2v) is 4.88. The molecule has 3 rings (SSSR count). The summed E-state index contributed by atoms with van der Waals surface area (Å²) in [7, 11) is 0. The van der Waals surface area contributed by atoms with Crippen molar-refractivity contribution in [1.29, 1.82) is 0 Å². The molecule has 1 aliphatic heterocycles. The Morgan fingerprint density at radius 2 is 2.05 bits per heavy atom. The molecule has 2 aromatic rings. The number of aryl methyl sites for hydroxylation is 1. The lowest BCUT2D eigenvalue weighted by Crippen LogP contribution is -2.24. The summed E-state index contributed by atoms with van der Waals surface area (Å²) in [5.74, 6) is -0.588. The van der Waals surface area contributed by atoms with Gasteiger partial charge in [0.25, 0.3) is 5.56 Å². The van der Waals surface area contributed by atoms with Crippen molar-refractivity contribution in [2.75, 3.05) is 18.0 Å². The van der Waals surface area contributed by atoms with Crippen LogP contribution in [0.15, 0.2) is 10.9 Å². The van der Waals surface area contributed by atoms with Gasteiger partial charge in [0, 0.05) is 13.1 Å². The predicted octanol–water partition coefficient (Wildman–Crippen LogP) is 0.925. The third-order valence-corrected chi connectivity index (χ3v) is 3.51. The van der Waals surface area contributed by atoms with E-state index >= 15 is 0 Å². The van der Waals surface area contributed by atoms with Gasteiger partial charge >= 0.3 is 5.97 Å². The molecular weight excluding hydrogens is 260 g/mol. The molecule has 0 bridgehead atoms. The van der Waals surface area contributed by atoms with E-state index in [1.54, 1.807) is 6.92 Å². The summed E-state index contributed by atoms with van der Waals surface area (Å²) in [4.78, 5) is 36.4. The minimum atomic E-state index is -1.10. The van der Waals surface area contributed by atoms with Gasteiger partial charge < -0.3 is 10.0 Å². The van der Waals surface area contributed by atoms with E-state index in [1.165, 1.54) is 6.07 Å². The van der Waals surface area contributed by atoms with E-state index in [-0.39, 0.29) is 22.2 Å². The molecule has 1 fully saturated rings. The summed E-state index contributed by atoms with van der Waals surface area (Å²) < 4.78 is 0. The molecule has 0 saturated carbocycles. The van der Waals surface area contributed by atoms with Crippen molar-refractivity contribution < 1.29 is 9.90 Å². The van der Waals surface area contributed by atoms with E-state index in [0.717, 1.165) is 25.9 Å². The quantitative estimate of drug-likeness (QED) is 0.845. The molecule has 0 unspecified atom stereocenters. The van der Waals surface area contributed by atoms with Gasteiger partial charge in [0.15, 0.2) is 5.65 Å². The highest BCUT2D eigenvalue weighted by Gasteiger charge is 2.18. The van der Waals surface area contributed by atoms with Gasteiger partial charge in [-0.2, -0.15) is 4.98 Å². The van der Waals surface area contributed by atoms with Crippen molar-refractivity contribution in [3.8, 4) is 0 Å². The molecule has 20 heavy (non-hydrogen) atoms. The average Bonchev–Trinajstić information content (AvgIpc) is 2.91. The van der Waals surface area contributed by atoms with Crippen LogP contribution in [-0.4, -0.2) is 39.1 Å². The Morgan fingerprint density at radius 3 is 2.70 bits per heavy atom. The van der Waals surface area contributed by atoms with Gasteiger partial charge in [-0.05, 0) is 25.8 Å². The van der Waals surface area contributed by atoms with Crippen molar-refractivity contribution in [1.82, 2.24) is 15.0 Å². The van der Waals surface area contributed by atoms with Crippen molar-refractivity contribution in [3.63, 3.8) is 0 Å². The zero-order chi connectivity index (χ0) is 14.3. The number of anilines is 1. The number of aromatic nitrogens is 3. The lowest BCUT2D eigenvalue weighted by Gasteiger charge is -2.15. The first-order valence-electron chi connectivity index (χ1n) is 6.46. The fourth-order valence-corrected chi connectivity index (χ4v) is 2.44. The number of hydrogen-bond acceptors (Lipinski definition) is 5. The Labute approximate surface area is 114 Å². The first-order chi connectivity index (χ1) is 9.56. The third kappa shape index (κ3) is 2.01. The average molecular weight is 274 g/mol. The molecule has 3 heterocycles. The van der Waals surface area contributed by atoms with Crippen LogP contribution in [0, 0.1) is 6.92 Å². The van der Waals surface area contributed by atoms with Gasteiger partial charge in [-0.1, -0.05) is 0 Å². The summed E-state index contributed by atoms with van der Waals surface area (Å²) in [6.07, 6.45) is 2.15. The highest BCUT2D eigenvalue weighted by Crippen LogP contribution is 2.17. The van der Waals surface area contributed by atoms with Crippen LogP contribution in [0.2, 0.25) is 0 Å². The molecule has 0 radical (unpaired) electrons. The van der Waals surface area contributed by atoms with Gasteiger partial charge in [0.2, 0.25) is 5.95 Å². The second-order valence-electron chi connectivity index (χ2n) is 4.88. The monoisotopic (exact) mass is 274 g/mol. The molecule has 0 atom stereocenters. The molecule has 2 N–H and O–H groups in total. The smallest absolute Gasteiger partial charge is 0.337 e. The Morgan fingerprint density at radius 1 is 1.35 bits per heavy atom. The number of fused-ring (bicyclic) bond motifs is 1. The largest absolute Gasteiger partial charge is 0.478 e. The number of rotatable bonds is 2. The maximum Gasteiger partial charge on any atom is 0.337 e. The van der Waals surface area contributed by atoms with Gasteiger partial charge in [-0.25, -0.2) is 9.78 Å². The van der Waals surface area contributed by atoms with E-state index in [4.69, 9.17) is 5.11 Å². The number of nitrogens with zero attached hydrogens (tertiary/aromatic N) is 3. The molecule has 1 saturated heterocycles. The molecule has 0 amide bonds. The first kappa shape index (κ1) is 12.6. The van der Waals surface area contributed by atoms with E-state index in [0.29, 0.717) is 11.6 Å². The second kappa shape index (κ2) is 4.59. The van der Waals surface area contributed by atoms with Crippen LogP contribution in [0.25, 0.3) is 11.0 Å². The standard InChI is InChI=1S/C13H14N4O3/c1-7-8(12(19)20)6-9-10(14-7)15-13(16-11(9)18)17-4-2-3-5-17/h6H,2-5H2,1H3,(H,19,20)(H,14,15,16,18). The SMILES string of the molecule is Cc1nc2nc(N3CCCC3)[nH]c(=O)c2cc1C(=O)O. The van der Waals surface area contributed by atoms with Crippen molar-refractivity contribution in [2.24, 2.45) is 0 Å². The molecule has 0 spiro atoms. The van der Waals surface area contributed by atoms with E-state index in [2.05, 4.69) is 15.0 Å². The van der Waals surface area contributed by atoms with Crippen LogP contribution in [-0.2, 0) is 0 Å². The van der Waals surface area contributed by atoms with Crippen LogP contribution in [0.5, 0.6) is 0 Å². The Bertz CT molecular complexity index is 747. The molecule has 0 aliphatic carbocycles. The van der Waals surface area contributed by atoms with Crippen LogP contribution < -0.4 is 10.5 Å². The van der Waals surface area contributed by atoms with E-state index < -0.39 is 5.97 Å². The lowest BCUT2D eigenvalue weighted by atomic mass is 10.1. The number of carbonyl (C=O) groups is 1. The lowest BCUT2D eigenvalue weighted by molar-refractivity contribution is 0.0696. The molecule has 1 aliphatic rings. The molecule has 7 nitrogen and oxygen atoms in total. The number of H-pyrrole nitrogens is 1. The zero-order valence-corrected chi connectivity index (χ0v) is 11.0. The van der Waals surface area contributed by atoms with Crippen molar-refractivity contribution in [3.05, 3.63) is 27.7 Å². The summed E-state index contributed by atoms with van der Waals surface area (Å²) in [5, 5.41) is 9.27. The molecule has 0 aromatic carbocycles. The summed E-state index contributed by atoms with van der Waals surface area (Å²) in [5.41, 5.74) is 0.319. The summed E-state index contributed by atoms with van der Waals surface area (Å²) >= 11 is 0. The maximum absolute atomic E-state index is 12.1. The van der Waals surface area contributed by atoms with Crippen LogP contribution in [0.1, 0.15) is 28.9 Å².